The van der Waals surface area contributed by atoms with Crippen molar-refractivity contribution in [2.75, 3.05) is 0 Å². The van der Waals surface area contributed by atoms with Gasteiger partial charge in [0, 0.05) is 24.0 Å². The lowest BCUT2D eigenvalue weighted by Gasteiger charge is -2.06. The molecule has 0 aliphatic carbocycles. The fraction of sp³-hybridized carbons (Fsp3) is 0.238. The first kappa shape index (κ1) is 17.0. The van der Waals surface area contributed by atoms with E-state index in [1.807, 2.05) is 48.5 Å². The average Bonchev–Trinajstić information content (AvgIpc) is 2.64. The summed E-state index contributed by atoms with van der Waals surface area (Å²) in [6, 6.07) is 19.7. The minimum atomic E-state index is -0.150. The third kappa shape index (κ3) is 4.80. The Morgan fingerprint density at radius 3 is 2.56 bits per heavy atom. The van der Waals surface area contributed by atoms with Crippen molar-refractivity contribution in [1.82, 2.24) is 10.3 Å². The van der Waals surface area contributed by atoms with Gasteiger partial charge in [0.1, 0.15) is 0 Å². The summed E-state index contributed by atoms with van der Waals surface area (Å²) < 4.78 is 0. The molecule has 0 unspecified atom stereocenters. The molecule has 0 radical (unpaired) electrons. The molecule has 2 aromatic carbocycles. The van der Waals surface area contributed by atoms with E-state index in [0.29, 0.717) is 12.0 Å². The number of carbonyl (C=O) groups is 1. The van der Waals surface area contributed by atoms with E-state index < -0.39 is 0 Å². The highest BCUT2D eigenvalue weighted by atomic mass is 16.1. The Labute approximate surface area is 146 Å². The molecule has 0 aliphatic rings. The average molecular weight is 334 g/mol. The molecule has 4 nitrogen and oxygen atoms in total. The molecule has 2 N–H and O–H groups in total. The third-order valence-electron chi connectivity index (χ3n) is 4.27. The van der Waals surface area contributed by atoms with Crippen molar-refractivity contribution in [3.8, 4) is 0 Å². The molecule has 0 fully saturated rings. The number of carbonyl (C=O) groups excluding carboxylic acids is 1. The third-order valence-corrected chi connectivity index (χ3v) is 4.27. The van der Waals surface area contributed by atoms with Crippen LogP contribution in [0.3, 0.4) is 0 Å². The first-order valence-electron chi connectivity index (χ1n) is 8.64. The van der Waals surface area contributed by atoms with Gasteiger partial charge in [-0.3, -0.25) is 9.59 Å². The van der Waals surface area contributed by atoms with E-state index in [4.69, 9.17) is 0 Å². The molecule has 1 amide bonds. The molecule has 3 rings (SSSR count). The van der Waals surface area contributed by atoms with Gasteiger partial charge in [0.05, 0.1) is 0 Å². The van der Waals surface area contributed by atoms with Gasteiger partial charge in [-0.05, 0) is 42.3 Å². The van der Waals surface area contributed by atoms with E-state index in [1.54, 1.807) is 0 Å². The van der Waals surface area contributed by atoms with Crippen LogP contribution in [0.1, 0.15) is 30.4 Å². The lowest BCUT2D eigenvalue weighted by Crippen LogP contribution is -2.26. The molecule has 0 atom stereocenters. The van der Waals surface area contributed by atoms with E-state index in [0.717, 1.165) is 30.2 Å². The standard InChI is InChI=1S/C21H22N2O2/c24-20(13-7-4-10-16-8-2-1-3-9-16)22-15-18-14-17-11-5-6-12-19(17)23-21(18)25/h1-3,5-6,8-9,11-12,14H,4,7,10,13,15H2,(H,22,24)(H,23,25). The number of aryl methyl sites for hydroxylation is 1. The van der Waals surface area contributed by atoms with E-state index in [1.165, 1.54) is 5.56 Å². The number of fused-ring (bicyclic) bond motifs is 1. The van der Waals surface area contributed by atoms with Gasteiger partial charge in [-0.15, -0.1) is 0 Å². The van der Waals surface area contributed by atoms with Gasteiger partial charge in [0.25, 0.3) is 5.56 Å². The van der Waals surface area contributed by atoms with Crippen molar-refractivity contribution in [3.05, 3.63) is 82.1 Å². The largest absolute Gasteiger partial charge is 0.352 e. The number of unbranched alkanes of at least 4 members (excludes halogenated alkanes) is 1. The van der Waals surface area contributed by atoms with Crippen LogP contribution in [-0.4, -0.2) is 10.9 Å². The second-order valence-corrected chi connectivity index (χ2v) is 6.18. The Hall–Kier alpha value is -2.88. The van der Waals surface area contributed by atoms with Crippen LogP contribution in [0.15, 0.2) is 65.5 Å². The van der Waals surface area contributed by atoms with Crippen LogP contribution in [0.4, 0.5) is 0 Å². The molecule has 0 aliphatic heterocycles. The number of hydrogen-bond acceptors (Lipinski definition) is 2. The smallest absolute Gasteiger partial charge is 0.253 e. The van der Waals surface area contributed by atoms with E-state index in [9.17, 15) is 9.59 Å². The van der Waals surface area contributed by atoms with E-state index in [2.05, 4.69) is 22.4 Å². The Balaban J connectivity index is 1.46. The predicted molar refractivity (Wildman–Crippen MR) is 100 cm³/mol. The highest BCUT2D eigenvalue weighted by Crippen LogP contribution is 2.10. The number of hydrogen-bond donors (Lipinski definition) is 2. The zero-order valence-corrected chi connectivity index (χ0v) is 14.1. The van der Waals surface area contributed by atoms with Gasteiger partial charge in [0.2, 0.25) is 5.91 Å². The Kier molecular flexibility index (Phi) is 5.62. The van der Waals surface area contributed by atoms with Crippen molar-refractivity contribution in [3.63, 3.8) is 0 Å². The number of rotatable bonds is 7. The number of aromatic amines is 1. The second kappa shape index (κ2) is 8.29. The molecular formula is C21H22N2O2. The van der Waals surface area contributed by atoms with Crippen molar-refractivity contribution >= 4 is 16.8 Å². The zero-order valence-electron chi connectivity index (χ0n) is 14.1. The number of amides is 1. The molecular weight excluding hydrogens is 312 g/mol. The van der Waals surface area contributed by atoms with Crippen LogP contribution in [-0.2, 0) is 17.8 Å². The summed E-state index contributed by atoms with van der Waals surface area (Å²) in [5, 5.41) is 3.81. The van der Waals surface area contributed by atoms with Crippen molar-refractivity contribution in [2.45, 2.75) is 32.2 Å². The monoisotopic (exact) mass is 334 g/mol. The highest BCUT2D eigenvalue weighted by molar-refractivity contribution is 5.79. The number of H-pyrrole nitrogens is 1. The van der Waals surface area contributed by atoms with E-state index in [-0.39, 0.29) is 18.0 Å². The van der Waals surface area contributed by atoms with Crippen LogP contribution < -0.4 is 10.9 Å². The minimum absolute atomic E-state index is 0.0133. The fourth-order valence-electron chi connectivity index (χ4n) is 2.87. The number of pyridine rings is 1. The lowest BCUT2D eigenvalue weighted by atomic mass is 10.1. The van der Waals surface area contributed by atoms with Crippen LogP contribution in [0.5, 0.6) is 0 Å². The minimum Gasteiger partial charge on any atom is -0.352 e. The zero-order chi connectivity index (χ0) is 17.5. The van der Waals surface area contributed by atoms with Gasteiger partial charge < -0.3 is 10.3 Å². The quantitative estimate of drug-likeness (QED) is 0.649. The Morgan fingerprint density at radius 2 is 1.72 bits per heavy atom. The Bertz CT molecular complexity index is 900. The molecule has 4 heteroatoms. The van der Waals surface area contributed by atoms with Crippen molar-refractivity contribution in [1.29, 1.82) is 0 Å². The summed E-state index contributed by atoms with van der Waals surface area (Å²) in [5.41, 5.74) is 2.54. The van der Waals surface area contributed by atoms with Gasteiger partial charge in [0.15, 0.2) is 0 Å². The van der Waals surface area contributed by atoms with Crippen LogP contribution in [0.2, 0.25) is 0 Å². The number of para-hydroxylation sites is 1. The summed E-state index contributed by atoms with van der Waals surface area (Å²) in [7, 11) is 0. The number of benzene rings is 2. The molecule has 1 heterocycles. The molecule has 0 spiro atoms. The molecule has 1 aromatic heterocycles. The summed E-state index contributed by atoms with van der Waals surface area (Å²) >= 11 is 0. The number of nitrogens with one attached hydrogen (secondary N) is 2. The Morgan fingerprint density at radius 1 is 0.960 bits per heavy atom. The maximum absolute atomic E-state index is 12.1. The summed E-state index contributed by atoms with van der Waals surface area (Å²) in [5.74, 6) is -0.0133. The highest BCUT2D eigenvalue weighted by Gasteiger charge is 2.06. The SMILES string of the molecule is O=C(CCCCc1ccccc1)NCc1cc2ccccc2[nH]c1=O. The van der Waals surface area contributed by atoms with Crippen molar-refractivity contribution in [2.24, 2.45) is 0 Å². The van der Waals surface area contributed by atoms with Gasteiger partial charge >= 0.3 is 0 Å². The summed E-state index contributed by atoms with van der Waals surface area (Å²) in [6.07, 6.45) is 3.29. The van der Waals surface area contributed by atoms with Crippen LogP contribution in [0, 0.1) is 0 Å². The van der Waals surface area contributed by atoms with Gasteiger partial charge in [-0.2, -0.15) is 0 Å². The van der Waals surface area contributed by atoms with Crippen LogP contribution >= 0.6 is 0 Å². The normalized spacial score (nSPS) is 10.7. The maximum atomic E-state index is 12.1. The molecule has 128 valence electrons. The van der Waals surface area contributed by atoms with Crippen molar-refractivity contribution < 1.29 is 4.79 Å². The fourth-order valence-corrected chi connectivity index (χ4v) is 2.87. The topological polar surface area (TPSA) is 62.0 Å². The molecule has 3 aromatic rings. The first-order valence-corrected chi connectivity index (χ1v) is 8.64. The first-order chi connectivity index (χ1) is 12.2. The number of aromatic nitrogens is 1. The van der Waals surface area contributed by atoms with Gasteiger partial charge in [-0.25, -0.2) is 0 Å². The molecule has 0 bridgehead atoms. The molecule has 0 saturated carbocycles. The summed E-state index contributed by atoms with van der Waals surface area (Å²) in [6.45, 7) is 0.262. The molecule has 0 saturated heterocycles. The van der Waals surface area contributed by atoms with E-state index >= 15 is 0 Å². The maximum Gasteiger partial charge on any atom is 0.253 e. The van der Waals surface area contributed by atoms with Crippen LogP contribution in [0.25, 0.3) is 10.9 Å². The predicted octanol–water partition coefficient (Wildman–Crippen LogP) is 3.56. The second-order valence-electron chi connectivity index (χ2n) is 6.18. The summed E-state index contributed by atoms with van der Waals surface area (Å²) in [4.78, 5) is 26.9. The van der Waals surface area contributed by atoms with Gasteiger partial charge in [-0.1, -0.05) is 48.5 Å². The lowest BCUT2D eigenvalue weighted by molar-refractivity contribution is -0.121. The molecule has 25 heavy (non-hydrogen) atoms.